The molecule has 1 heterocycles. The lowest BCUT2D eigenvalue weighted by atomic mass is 9.78. The molecule has 0 aromatic heterocycles. The van der Waals surface area contributed by atoms with Crippen LogP contribution in [0.1, 0.15) is 52.9 Å². The molecule has 4 atom stereocenters. The van der Waals surface area contributed by atoms with Gasteiger partial charge in [-0.05, 0) is 57.0 Å². The molecule has 0 aromatic rings. The van der Waals surface area contributed by atoms with Gasteiger partial charge in [0.1, 0.15) is 0 Å². The maximum absolute atomic E-state index is 3.64. The average Bonchev–Trinajstić information content (AvgIpc) is 2.82. The van der Waals surface area contributed by atoms with E-state index in [1.807, 2.05) is 0 Å². The van der Waals surface area contributed by atoms with Gasteiger partial charge in [-0.25, -0.2) is 0 Å². The van der Waals surface area contributed by atoms with Gasteiger partial charge >= 0.3 is 0 Å². The van der Waals surface area contributed by atoms with Crippen LogP contribution in [0, 0.1) is 11.8 Å². The SMILES string of the molecule is CCN(CC1CCCN1)C1CCC(C)C(C)C1. The summed E-state index contributed by atoms with van der Waals surface area (Å²) in [5.74, 6) is 1.86. The van der Waals surface area contributed by atoms with Crippen molar-refractivity contribution in [1.82, 2.24) is 10.2 Å². The van der Waals surface area contributed by atoms with Crippen molar-refractivity contribution < 1.29 is 0 Å². The Hall–Kier alpha value is -0.0800. The van der Waals surface area contributed by atoms with Crippen LogP contribution in [0.4, 0.5) is 0 Å². The van der Waals surface area contributed by atoms with Crippen LogP contribution >= 0.6 is 0 Å². The topological polar surface area (TPSA) is 15.3 Å². The van der Waals surface area contributed by atoms with Gasteiger partial charge in [0, 0.05) is 18.6 Å². The van der Waals surface area contributed by atoms with E-state index in [0.717, 1.165) is 23.9 Å². The van der Waals surface area contributed by atoms with Crippen LogP contribution in [0.3, 0.4) is 0 Å². The fraction of sp³-hybridized carbons (Fsp3) is 1.00. The second kappa shape index (κ2) is 6.19. The number of nitrogens with one attached hydrogen (secondary N) is 1. The third kappa shape index (κ3) is 3.45. The van der Waals surface area contributed by atoms with Gasteiger partial charge < -0.3 is 5.32 Å². The van der Waals surface area contributed by atoms with Crippen LogP contribution < -0.4 is 5.32 Å². The van der Waals surface area contributed by atoms with E-state index in [2.05, 4.69) is 31.0 Å². The average molecular weight is 238 g/mol. The molecule has 1 saturated heterocycles. The molecule has 1 saturated carbocycles. The molecule has 4 unspecified atom stereocenters. The van der Waals surface area contributed by atoms with E-state index in [1.54, 1.807) is 0 Å². The number of hydrogen-bond acceptors (Lipinski definition) is 2. The van der Waals surface area contributed by atoms with E-state index in [9.17, 15) is 0 Å². The molecule has 17 heavy (non-hydrogen) atoms. The molecule has 1 aliphatic carbocycles. The Bertz CT molecular complexity index is 223. The largest absolute Gasteiger partial charge is 0.313 e. The fourth-order valence-corrected chi connectivity index (χ4v) is 3.58. The van der Waals surface area contributed by atoms with Crippen molar-refractivity contribution in [1.29, 1.82) is 0 Å². The third-order valence-corrected chi connectivity index (χ3v) is 5.11. The van der Waals surface area contributed by atoms with Crippen LogP contribution in [-0.2, 0) is 0 Å². The zero-order valence-electron chi connectivity index (χ0n) is 11.9. The van der Waals surface area contributed by atoms with Gasteiger partial charge in [0.25, 0.3) is 0 Å². The standard InChI is InChI=1S/C15H30N2/c1-4-17(11-14-6-5-9-16-14)15-8-7-12(2)13(3)10-15/h12-16H,4-11H2,1-3H3. The molecule has 2 nitrogen and oxygen atoms in total. The molecule has 2 heteroatoms. The van der Waals surface area contributed by atoms with E-state index >= 15 is 0 Å². The minimum Gasteiger partial charge on any atom is -0.313 e. The first kappa shape index (κ1) is 13.4. The van der Waals surface area contributed by atoms with Crippen molar-refractivity contribution in [2.24, 2.45) is 11.8 Å². The summed E-state index contributed by atoms with van der Waals surface area (Å²) in [5, 5.41) is 3.64. The van der Waals surface area contributed by atoms with Gasteiger partial charge in [-0.3, -0.25) is 4.90 Å². The molecular formula is C15H30N2. The Labute approximate surface area is 107 Å². The van der Waals surface area contributed by atoms with Crippen LogP contribution in [0.15, 0.2) is 0 Å². The Kier molecular flexibility index (Phi) is 4.87. The molecule has 0 aromatic carbocycles. The monoisotopic (exact) mass is 238 g/mol. The second-order valence-corrected chi connectivity index (χ2v) is 6.30. The molecule has 2 rings (SSSR count). The van der Waals surface area contributed by atoms with Crippen molar-refractivity contribution in [3.63, 3.8) is 0 Å². The quantitative estimate of drug-likeness (QED) is 0.810. The zero-order chi connectivity index (χ0) is 12.3. The van der Waals surface area contributed by atoms with Gasteiger partial charge in [-0.2, -0.15) is 0 Å². The first-order chi connectivity index (χ1) is 8.20. The van der Waals surface area contributed by atoms with Crippen molar-refractivity contribution in [2.45, 2.75) is 65.0 Å². The molecule has 1 aliphatic heterocycles. The number of rotatable bonds is 4. The predicted octanol–water partition coefficient (Wildman–Crippen LogP) is 2.89. The Morgan fingerprint density at radius 2 is 1.94 bits per heavy atom. The molecule has 2 fully saturated rings. The maximum Gasteiger partial charge on any atom is 0.0195 e. The van der Waals surface area contributed by atoms with Gasteiger partial charge in [-0.15, -0.1) is 0 Å². The summed E-state index contributed by atoms with van der Waals surface area (Å²) in [6.07, 6.45) is 7.03. The lowest BCUT2D eigenvalue weighted by molar-refractivity contribution is 0.106. The molecule has 2 aliphatic rings. The third-order valence-electron chi connectivity index (χ3n) is 5.11. The maximum atomic E-state index is 3.64. The number of hydrogen-bond donors (Lipinski definition) is 1. The van der Waals surface area contributed by atoms with E-state index < -0.39 is 0 Å². The summed E-state index contributed by atoms with van der Waals surface area (Å²) in [5.41, 5.74) is 0. The van der Waals surface area contributed by atoms with Gasteiger partial charge in [0.15, 0.2) is 0 Å². The summed E-state index contributed by atoms with van der Waals surface area (Å²) < 4.78 is 0. The highest BCUT2D eigenvalue weighted by molar-refractivity contribution is 4.85. The van der Waals surface area contributed by atoms with Crippen LogP contribution in [0.25, 0.3) is 0 Å². The van der Waals surface area contributed by atoms with Crippen molar-refractivity contribution in [3.05, 3.63) is 0 Å². The molecular weight excluding hydrogens is 208 g/mol. The highest BCUT2D eigenvalue weighted by atomic mass is 15.2. The van der Waals surface area contributed by atoms with Crippen molar-refractivity contribution in [2.75, 3.05) is 19.6 Å². The highest BCUT2D eigenvalue weighted by Crippen LogP contribution is 2.32. The molecule has 0 amide bonds. The van der Waals surface area contributed by atoms with Crippen LogP contribution in [-0.4, -0.2) is 36.6 Å². The van der Waals surface area contributed by atoms with Gasteiger partial charge in [-0.1, -0.05) is 20.8 Å². The molecule has 0 spiro atoms. The first-order valence-corrected chi connectivity index (χ1v) is 7.68. The zero-order valence-corrected chi connectivity index (χ0v) is 11.9. The van der Waals surface area contributed by atoms with Crippen molar-refractivity contribution >= 4 is 0 Å². The summed E-state index contributed by atoms with van der Waals surface area (Å²) >= 11 is 0. The molecule has 0 radical (unpaired) electrons. The number of nitrogens with zero attached hydrogens (tertiary/aromatic N) is 1. The first-order valence-electron chi connectivity index (χ1n) is 7.68. The minimum absolute atomic E-state index is 0.768. The van der Waals surface area contributed by atoms with Crippen LogP contribution in [0.5, 0.6) is 0 Å². The highest BCUT2D eigenvalue weighted by Gasteiger charge is 2.29. The molecule has 100 valence electrons. The van der Waals surface area contributed by atoms with Crippen molar-refractivity contribution in [3.8, 4) is 0 Å². The smallest absolute Gasteiger partial charge is 0.0195 e. The molecule has 0 bridgehead atoms. The fourth-order valence-electron chi connectivity index (χ4n) is 3.58. The second-order valence-electron chi connectivity index (χ2n) is 6.30. The Morgan fingerprint density at radius 3 is 2.53 bits per heavy atom. The Morgan fingerprint density at radius 1 is 1.12 bits per heavy atom. The van der Waals surface area contributed by atoms with E-state index in [1.165, 1.54) is 51.7 Å². The molecule has 1 N–H and O–H groups in total. The van der Waals surface area contributed by atoms with Gasteiger partial charge in [0.2, 0.25) is 0 Å². The van der Waals surface area contributed by atoms with Crippen LogP contribution in [0.2, 0.25) is 0 Å². The minimum atomic E-state index is 0.768. The Balaban J connectivity index is 1.84. The summed E-state index contributed by atoms with van der Waals surface area (Å²) in [6, 6.07) is 1.62. The predicted molar refractivity (Wildman–Crippen MR) is 74.2 cm³/mol. The summed E-state index contributed by atoms with van der Waals surface area (Å²) in [4.78, 5) is 2.74. The normalized spacial score (nSPS) is 38.8. The lowest BCUT2D eigenvalue weighted by Crippen LogP contribution is -2.45. The van der Waals surface area contributed by atoms with E-state index in [0.29, 0.717) is 0 Å². The summed E-state index contributed by atoms with van der Waals surface area (Å²) in [6.45, 7) is 10.9. The number of likely N-dealkylation sites (N-methyl/N-ethyl adjacent to an activating group) is 1. The van der Waals surface area contributed by atoms with Gasteiger partial charge in [0.05, 0.1) is 0 Å². The van der Waals surface area contributed by atoms with E-state index in [4.69, 9.17) is 0 Å². The lowest BCUT2D eigenvalue weighted by Gasteiger charge is -2.40. The summed E-state index contributed by atoms with van der Waals surface area (Å²) in [7, 11) is 0. The van der Waals surface area contributed by atoms with E-state index in [-0.39, 0.29) is 0 Å².